The van der Waals surface area contributed by atoms with Crippen molar-refractivity contribution in [3.63, 3.8) is 0 Å². The van der Waals surface area contributed by atoms with Gasteiger partial charge >= 0.3 is 11.9 Å². The van der Waals surface area contributed by atoms with Crippen LogP contribution in [0.3, 0.4) is 0 Å². The summed E-state index contributed by atoms with van der Waals surface area (Å²) >= 11 is 6.60. The molecule has 0 radical (unpaired) electrons. The Kier molecular flexibility index (Phi) is 8.79. The Morgan fingerprint density at radius 1 is 1.15 bits per heavy atom. The van der Waals surface area contributed by atoms with Crippen molar-refractivity contribution < 1.29 is 32.2 Å². The standard InChI is InChI=1S/C24H21ClF3NO4S/c1-3-9-32-24(31)20-21(33-23(30)13(2)14-7-5-4-6-8-14)15-10-16(27)17(28)11-18(15)29-22(20)34-19(25)12-26/h4-8,10-11,13,19H,3,9,12H2,1-2H3. The van der Waals surface area contributed by atoms with Crippen LogP contribution in [0.25, 0.3) is 10.9 Å². The minimum atomic E-state index is -1.23. The van der Waals surface area contributed by atoms with E-state index in [1.165, 1.54) is 0 Å². The van der Waals surface area contributed by atoms with Crippen LogP contribution in [-0.2, 0) is 9.53 Å². The second-order valence-electron chi connectivity index (χ2n) is 7.28. The quantitative estimate of drug-likeness (QED) is 0.188. The van der Waals surface area contributed by atoms with Crippen molar-refractivity contribution in [2.75, 3.05) is 13.3 Å². The number of esters is 2. The number of pyridine rings is 1. The number of nitrogens with zero attached hydrogens (tertiary/aromatic N) is 1. The first kappa shape index (κ1) is 25.8. The number of alkyl halides is 2. The molecule has 0 N–H and O–H groups in total. The van der Waals surface area contributed by atoms with Crippen molar-refractivity contribution in [3.8, 4) is 5.75 Å². The zero-order valence-corrected chi connectivity index (χ0v) is 19.9. The lowest BCUT2D eigenvalue weighted by Crippen LogP contribution is -2.20. The highest BCUT2D eigenvalue weighted by atomic mass is 35.5. The van der Waals surface area contributed by atoms with E-state index in [4.69, 9.17) is 21.1 Å². The fraction of sp³-hybridized carbons (Fsp3) is 0.292. The minimum absolute atomic E-state index is 0.0416. The number of fused-ring (bicyclic) bond motifs is 1. The molecule has 10 heteroatoms. The molecular formula is C24H21ClF3NO4S. The molecule has 0 spiro atoms. The molecule has 180 valence electrons. The van der Waals surface area contributed by atoms with E-state index in [2.05, 4.69) is 4.98 Å². The van der Waals surface area contributed by atoms with Crippen LogP contribution in [0, 0.1) is 11.6 Å². The van der Waals surface area contributed by atoms with Crippen LogP contribution in [0.5, 0.6) is 5.75 Å². The lowest BCUT2D eigenvalue weighted by atomic mass is 10.0. The number of halogens is 4. The summed E-state index contributed by atoms with van der Waals surface area (Å²) in [5.74, 6) is -5.20. The number of carbonyl (C=O) groups is 2. The van der Waals surface area contributed by atoms with Gasteiger partial charge in [-0.15, -0.1) is 11.6 Å². The molecule has 1 aromatic heterocycles. The Labute approximate surface area is 203 Å². The maximum Gasteiger partial charge on any atom is 0.344 e. The number of ether oxygens (including phenoxy) is 2. The summed E-state index contributed by atoms with van der Waals surface area (Å²) in [7, 11) is 0. The molecule has 0 aliphatic heterocycles. The van der Waals surface area contributed by atoms with E-state index in [-0.39, 0.29) is 33.8 Å². The normalized spacial score (nSPS) is 12.9. The van der Waals surface area contributed by atoms with Crippen LogP contribution >= 0.6 is 23.4 Å². The summed E-state index contributed by atoms with van der Waals surface area (Å²) in [4.78, 5) is 30.2. The third-order valence-corrected chi connectivity index (χ3v) is 6.09. The summed E-state index contributed by atoms with van der Waals surface area (Å²) < 4.78 is 51.0. The number of carbonyl (C=O) groups excluding carboxylic acids is 2. The van der Waals surface area contributed by atoms with Gasteiger partial charge in [0.25, 0.3) is 0 Å². The molecule has 2 aromatic carbocycles. The lowest BCUT2D eigenvalue weighted by molar-refractivity contribution is -0.135. The average molecular weight is 512 g/mol. The van der Waals surface area contributed by atoms with E-state index in [9.17, 15) is 22.8 Å². The van der Waals surface area contributed by atoms with E-state index >= 15 is 0 Å². The van der Waals surface area contributed by atoms with E-state index in [0.717, 1.165) is 12.1 Å². The molecule has 0 saturated heterocycles. The molecule has 1 heterocycles. The van der Waals surface area contributed by atoms with Gasteiger partial charge in [0.2, 0.25) is 0 Å². The smallest absolute Gasteiger partial charge is 0.344 e. The molecule has 0 fully saturated rings. The van der Waals surface area contributed by atoms with E-state index in [0.29, 0.717) is 23.7 Å². The molecule has 3 rings (SSSR count). The highest BCUT2D eigenvalue weighted by molar-refractivity contribution is 8.01. The van der Waals surface area contributed by atoms with Gasteiger partial charge in [-0.1, -0.05) is 49.0 Å². The minimum Gasteiger partial charge on any atom is -0.462 e. The molecule has 0 amide bonds. The molecule has 3 aromatic rings. The summed E-state index contributed by atoms with van der Waals surface area (Å²) in [6.07, 6.45) is 0.498. The first-order valence-electron chi connectivity index (χ1n) is 10.4. The monoisotopic (exact) mass is 511 g/mol. The van der Waals surface area contributed by atoms with Crippen molar-refractivity contribution in [2.45, 2.75) is 35.9 Å². The van der Waals surface area contributed by atoms with E-state index < -0.39 is 40.9 Å². The summed E-state index contributed by atoms with van der Waals surface area (Å²) in [5, 5.41) is -0.251. The highest BCUT2D eigenvalue weighted by Gasteiger charge is 2.30. The van der Waals surface area contributed by atoms with Crippen LogP contribution < -0.4 is 4.74 Å². The van der Waals surface area contributed by atoms with Crippen LogP contribution in [0.4, 0.5) is 13.2 Å². The number of hydrogen-bond donors (Lipinski definition) is 0. The van der Waals surface area contributed by atoms with Crippen molar-refractivity contribution in [2.24, 2.45) is 0 Å². The Hall–Kier alpha value is -2.78. The Morgan fingerprint density at radius 2 is 1.82 bits per heavy atom. The van der Waals surface area contributed by atoms with E-state index in [1.54, 1.807) is 44.2 Å². The largest absolute Gasteiger partial charge is 0.462 e. The molecule has 34 heavy (non-hydrogen) atoms. The Morgan fingerprint density at radius 3 is 2.47 bits per heavy atom. The predicted octanol–water partition coefficient (Wildman–Crippen LogP) is 6.42. The van der Waals surface area contributed by atoms with Gasteiger partial charge in [-0.3, -0.25) is 4.79 Å². The molecule has 0 saturated carbocycles. The van der Waals surface area contributed by atoms with Gasteiger partial charge in [0.15, 0.2) is 17.4 Å². The molecule has 0 aliphatic carbocycles. The first-order valence-corrected chi connectivity index (χ1v) is 11.7. The fourth-order valence-electron chi connectivity index (χ4n) is 3.07. The number of aromatic nitrogens is 1. The Balaban J connectivity index is 2.20. The number of hydrogen-bond acceptors (Lipinski definition) is 6. The third kappa shape index (κ3) is 5.82. The average Bonchev–Trinajstić information content (AvgIpc) is 2.83. The van der Waals surface area contributed by atoms with Gasteiger partial charge in [-0.2, -0.15) is 0 Å². The van der Waals surface area contributed by atoms with Gasteiger partial charge in [0.05, 0.1) is 18.0 Å². The highest BCUT2D eigenvalue weighted by Crippen LogP contribution is 2.39. The molecule has 2 unspecified atom stereocenters. The zero-order valence-electron chi connectivity index (χ0n) is 18.3. The lowest BCUT2D eigenvalue weighted by Gasteiger charge is -2.18. The van der Waals surface area contributed by atoms with Gasteiger partial charge in [-0.05, 0) is 25.0 Å². The maximum absolute atomic E-state index is 14.2. The van der Waals surface area contributed by atoms with Crippen molar-refractivity contribution in [3.05, 3.63) is 65.2 Å². The second-order valence-corrected chi connectivity index (χ2v) is 9.25. The zero-order chi connectivity index (χ0) is 24.8. The second kappa shape index (κ2) is 11.6. The SMILES string of the molecule is CCCOC(=O)c1c(SC(Cl)CF)nc2cc(F)c(F)cc2c1OC(=O)C(C)c1ccccc1. The Bertz CT molecular complexity index is 1200. The van der Waals surface area contributed by atoms with Crippen LogP contribution in [-0.4, -0.2) is 34.9 Å². The van der Waals surface area contributed by atoms with Crippen LogP contribution in [0.15, 0.2) is 47.5 Å². The summed E-state index contributed by atoms with van der Waals surface area (Å²) in [6, 6.07) is 10.3. The van der Waals surface area contributed by atoms with Crippen molar-refractivity contribution >= 4 is 46.2 Å². The fourth-order valence-corrected chi connectivity index (χ4v) is 4.07. The first-order chi connectivity index (χ1) is 16.3. The molecule has 0 bridgehead atoms. The third-order valence-electron chi connectivity index (χ3n) is 4.80. The van der Waals surface area contributed by atoms with E-state index in [1.807, 2.05) is 0 Å². The van der Waals surface area contributed by atoms with Crippen molar-refractivity contribution in [1.29, 1.82) is 0 Å². The maximum atomic E-state index is 14.2. The van der Waals surface area contributed by atoms with Gasteiger partial charge in [0, 0.05) is 11.5 Å². The predicted molar refractivity (Wildman–Crippen MR) is 124 cm³/mol. The number of rotatable bonds is 9. The molecule has 0 aliphatic rings. The van der Waals surface area contributed by atoms with Crippen molar-refractivity contribution in [1.82, 2.24) is 4.98 Å². The van der Waals surface area contributed by atoms with Gasteiger partial charge in [-0.25, -0.2) is 22.9 Å². The van der Waals surface area contributed by atoms with Gasteiger partial charge < -0.3 is 9.47 Å². The van der Waals surface area contributed by atoms with Crippen LogP contribution in [0.1, 0.15) is 42.1 Å². The molecule has 5 nitrogen and oxygen atoms in total. The molecular weight excluding hydrogens is 491 g/mol. The summed E-state index contributed by atoms with van der Waals surface area (Å²) in [6.45, 7) is 2.46. The number of benzene rings is 2. The topological polar surface area (TPSA) is 65.5 Å². The van der Waals surface area contributed by atoms with Crippen LogP contribution in [0.2, 0.25) is 0 Å². The number of thioether (sulfide) groups is 1. The van der Waals surface area contributed by atoms with Gasteiger partial charge in [0.1, 0.15) is 22.0 Å². The molecule has 2 atom stereocenters. The summed E-state index contributed by atoms with van der Waals surface area (Å²) in [5.41, 5.74) is 0.224.